The fraction of sp³-hybridized carbons (Fsp3) is 0.364. The maximum atomic E-state index is 12.7. The third-order valence-electron chi connectivity index (χ3n) is 5.07. The van der Waals surface area contributed by atoms with E-state index in [0.29, 0.717) is 12.5 Å². The molecule has 2 aromatic carbocycles. The smallest absolute Gasteiger partial charge is 0.229 e. The van der Waals surface area contributed by atoms with Crippen molar-refractivity contribution in [3.05, 3.63) is 59.2 Å². The quantitative estimate of drug-likeness (QED) is 0.887. The van der Waals surface area contributed by atoms with Crippen LogP contribution in [0.1, 0.15) is 42.9 Å². The summed E-state index contributed by atoms with van der Waals surface area (Å²) in [7, 11) is 0. The van der Waals surface area contributed by atoms with Gasteiger partial charge in [-0.1, -0.05) is 44.2 Å². The minimum absolute atomic E-state index is 0.00700. The number of carbonyl (C=O) groups excluding carboxylic acids is 2. The molecule has 136 valence electrons. The van der Waals surface area contributed by atoms with Gasteiger partial charge in [0.2, 0.25) is 11.8 Å². The lowest BCUT2D eigenvalue weighted by Gasteiger charge is -2.19. The Labute approximate surface area is 155 Å². The number of carbonyl (C=O) groups is 2. The van der Waals surface area contributed by atoms with Crippen LogP contribution in [0.15, 0.2) is 42.5 Å². The average Bonchev–Trinajstić information content (AvgIpc) is 3.00. The zero-order valence-electron chi connectivity index (χ0n) is 15.9. The fourth-order valence-electron chi connectivity index (χ4n) is 3.42. The second kappa shape index (κ2) is 7.32. The molecule has 1 heterocycles. The summed E-state index contributed by atoms with van der Waals surface area (Å²) in [4.78, 5) is 27.0. The number of para-hydroxylation sites is 1. The largest absolute Gasteiger partial charge is 0.325 e. The van der Waals surface area contributed by atoms with Crippen molar-refractivity contribution in [2.75, 3.05) is 16.8 Å². The minimum atomic E-state index is -0.329. The van der Waals surface area contributed by atoms with Crippen LogP contribution >= 0.6 is 0 Å². The van der Waals surface area contributed by atoms with Gasteiger partial charge in [0, 0.05) is 24.3 Å². The molecule has 0 unspecified atom stereocenters. The lowest BCUT2D eigenvalue weighted by Crippen LogP contribution is -2.28. The van der Waals surface area contributed by atoms with Crippen molar-refractivity contribution >= 4 is 23.2 Å². The highest BCUT2D eigenvalue weighted by Crippen LogP contribution is 2.29. The summed E-state index contributed by atoms with van der Waals surface area (Å²) in [6.45, 7) is 8.65. The van der Waals surface area contributed by atoms with Crippen LogP contribution in [-0.2, 0) is 9.59 Å². The normalized spacial score (nSPS) is 17.0. The molecule has 4 heteroatoms. The molecule has 0 radical (unpaired) electrons. The molecule has 1 aliphatic heterocycles. The van der Waals surface area contributed by atoms with E-state index in [1.807, 2.05) is 50.2 Å². The Kier molecular flexibility index (Phi) is 5.12. The number of benzene rings is 2. The third-order valence-corrected chi connectivity index (χ3v) is 5.07. The summed E-state index contributed by atoms with van der Waals surface area (Å²) in [5, 5.41) is 3.02. The van der Waals surface area contributed by atoms with Gasteiger partial charge in [0.25, 0.3) is 0 Å². The van der Waals surface area contributed by atoms with Crippen molar-refractivity contribution in [1.29, 1.82) is 0 Å². The Morgan fingerprint density at radius 3 is 2.42 bits per heavy atom. The van der Waals surface area contributed by atoms with Crippen LogP contribution in [0.4, 0.5) is 11.4 Å². The summed E-state index contributed by atoms with van der Waals surface area (Å²) in [6.07, 6.45) is 0.253. The molecular formula is C22H26N2O2. The van der Waals surface area contributed by atoms with Crippen LogP contribution in [0.25, 0.3) is 0 Å². The van der Waals surface area contributed by atoms with Crippen molar-refractivity contribution in [2.45, 2.75) is 40.0 Å². The van der Waals surface area contributed by atoms with E-state index in [-0.39, 0.29) is 24.2 Å². The number of anilines is 2. The molecule has 3 rings (SSSR count). The molecule has 0 aromatic heterocycles. The summed E-state index contributed by atoms with van der Waals surface area (Å²) in [6, 6.07) is 14.0. The van der Waals surface area contributed by atoms with E-state index >= 15 is 0 Å². The van der Waals surface area contributed by atoms with Crippen molar-refractivity contribution in [3.63, 3.8) is 0 Å². The number of hydrogen-bond acceptors (Lipinski definition) is 2. The van der Waals surface area contributed by atoms with E-state index in [2.05, 4.69) is 25.2 Å². The highest BCUT2D eigenvalue weighted by molar-refractivity contribution is 6.04. The van der Waals surface area contributed by atoms with Gasteiger partial charge in [0.05, 0.1) is 5.92 Å². The maximum absolute atomic E-state index is 12.7. The van der Waals surface area contributed by atoms with Crippen LogP contribution in [0, 0.1) is 19.8 Å². The second-order valence-corrected chi connectivity index (χ2v) is 7.41. The first-order valence-corrected chi connectivity index (χ1v) is 9.14. The number of aryl methyl sites for hydroxylation is 2. The number of hydrogen-bond donors (Lipinski definition) is 1. The topological polar surface area (TPSA) is 49.4 Å². The Morgan fingerprint density at radius 1 is 1.12 bits per heavy atom. The molecule has 0 bridgehead atoms. The highest BCUT2D eigenvalue weighted by Gasteiger charge is 2.35. The molecule has 0 aliphatic carbocycles. The summed E-state index contributed by atoms with van der Waals surface area (Å²) < 4.78 is 0. The first-order chi connectivity index (χ1) is 12.4. The predicted octanol–water partition coefficient (Wildman–Crippen LogP) is 4.42. The van der Waals surface area contributed by atoms with Crippen LogP contribution in [0.3, 0.4) is 0 Å². The van der Waals surface area contributed by atoms with Gasteiger partial charge in [-0.25, -0.2) is 0 Å². The highest BCUT2D eigenvalue weighted by atomic mass is 16.2. The molecule has 1 saturated heterocycles. The van der Waals surface area contributed by atoms with E-state index in [1.165, 1.54) is 5.56 Å². The molecule has 1 N–H and O–H groups in total. The Balaban J connectivity index is 1.75. The lowest BCUT2D eigenvalue weighted by molar-refractivity contribution is -0.122. The van der Waals surface area contributed by atoms with Gasteiger partial charge in [0.15, 0.2) is 0 Å². The van der Waals surface area contributed by atoms with Crippen LogP contribution in [0.5, 0.6) is 0 Å². The van der Waals surface area contributed by atoms with E-state index in [4.69, 9.17) is 0 Å². The maximum Gasteiger partial charge on any atom is 0.229 e. The van der Waals surface area contributed by atoms with Gasteiger partial charge in [0.1, 0.15) is 0 Å². The molecular weight excluding hydrogens is 324 g/mol. The third kappa shape index (κ3) is 3.64. The molecule has 1 aliphatic rings. The molecule has 4 nitrogen and oxygen atoms in total. The van der Waals surface area contributed by atoms with E-state index in [9.17, 15) is 9.59 Å². The SMILES string of the molecule is Cc1cccc(C)c1NC(=O)[C@H]1CC(=O)N(c2cccc(C(C)C)c2)C1. The van der Waals surface area contributed by atoms with E-state index in [0.717, 1.165) is 22.5 Å². The van der Waals surface area contributed by atoms with Crippen LogP contribution < -0.4 is 10.2 Å². The van der Waals surface area contributed by atoms with E-state index in [1.54, 1.807) is 4.90 Å². The molecule has 26 heavy (non-hydrogen) atoms. The number of nitrogens with zero attached hydrogens (tertiary/aromatic N) is 1. The molecule has 1 fully saturated rings. The van der Waals surface area contributed by atoms with Gasteiger partial charge in [-0.15, -0.1) is 0 Å². The Hall–Kier alpha value is -2.62. The van der Waals surface area contributed by atoms with Crippen molar-refractivity contribution in [1.82, 2.24) is 0 Å². The fourth-order valence-corrected chi connectivity index (χ4v) is 3.42. The monoisotopic (exact) mass is 350 g/mol. The predicted molar refractivity (Wildman–Crippen MR) is 106 cm³/mol. The van der Waals surface area contributed by atoms with Gasteiger partial charge in [-0.2, -0.15) is 0 Å². The first-order valence-electron chi connectivity index (χ1n) is 9.14. The molecule has 2 aromatic rings. The molecule has 0 saturated carbocycles. The zero-order chi connectivity index (χ0) is 18.8. The number of rotatable bonds is 4. The van der Waals surface area contributed by atoms with Crippen molar-refractivity contribution < 1.29 is 9.59 Å². The van der Waals surface area contributed by atoms with Gasteiger partial charge >= 0.3 is 0 Å². The Morgan fingerprint density at radius 2 is 1.77 bits per heavy atom. The zero-order valence-corrected chi connectivity index (χ0v) is 15.9. The molecule has 0 spiro atoms. The van der Waals surface area contributed by atoms with Crippen molar-refractivity contribution in [2.24, 2.45) is 5.92 Å². The average molecular weight is 350 g/mol. The molecule has 2 amide bonds. The summed E-state index contributed by atoms with van der Waals surface area (Å²) in [5.41, 5.74) is 4.99. The van der Waals surface area contributed by atoms with E-state index < -0.39 is 0 Å². The number of amides is 2. The van der Waals surface area contributed by atoms with Gasteiger partial charge < -0.3 is 10.2 Å². The van der Waals surface area contributed by atoms with Crippen LogP contribution in [0.2, 0.25) is 0 Å². The number of nitrogens with one attached hydrogen (secondary N) is 1. The van der Waals surface area contributed by atoms with Gasteiger partial charge in [-0.05, 0) is 48.6 Å². The summed E-state index contributed by atoms with van der Waals surface area (Å²) >= 11 is 0. The van der Waals surface area contributed by atoms with Crippen molar-refractivity contribution in [3.8, 4) is 0 Å². The minimum Gasteiger partial charge on any atom is -0.325 e. The van der Waals surface area contributed by atoms with Gasteiger partial charge in [-0.3, -0.25) is 9.59 Å². The first kappa shape index (κ1) is 18.2. The molecule has 1 atom stereocenters. The second-order valence-electron chi connectivity index (χ2n) is 7.41. The van der Waals surface area contributed by atoms with Crippen LogP contribution in [-0.4, -0.2) is 18.4 Å². The lowest BCUT2D eigenvalue weighted by atomic mass is 10.0. The summed E-state index contributed by atoms with van der Waals surface area (Å²) in [5.74, 6) is -0.00850. The Bertz CT molecular complexity index is 822. The standard InChI is InChI=1S/C22H26N2O2/c1-14(2)17-9-6-10-19(11-17)24-13-18(12-20(24)25)22(26)23-21-15(3)7-5-8-16(21)4/h5-11,14,18H,12-13H2,1-4H3,(H,23,26)/t18-/m0/s1.